The fraction of sp³-hybridized carbons (Fsp3) is 0. The first-order valence-electron chi connectivity index (χ1n) is 16.1. The molecular formula is C43H27N5. The molecule has 7 aromatic carbocycles. The van der Waals surface area contributed by atoms with Crippen molar-refractivity contribution in [2.75, 3.05) is 0 Å². The van der Waals surface area contributed by atoms with Crippen molar-refractivity contribution in [1.82, 2.24) is 24.1 Å². The molecule has 0 aliphatic rings. The molecule has 0 atom stereocenters. The van der Waals surface area contributed by atoms with Crippen LogP contribution < -0.4 is 0 Å². The van der Waals surface area contributed by atoms with Gasteiger partial charge in [-0.2, -0.15) is 9.97 Å². The van der Waals surface area contributed by atoms with Crippen molar-refractivity contribution in [3.05, 3.63) is 164 Å². The fourth-order valence-electron chi connectivity index (χ4n) is 7.21. The number of nitrogens with zero attached hydrogens (tertiary/aromatic N) is 5. The van der Waals surface area contributed by atoms with Gasteiger partial charge in [0.25, 0.3) is 0 Å². The Morgan fingerprint density at radius 1 is 0.375 bits per heavy atom. The van der Waals surface area contributed by atoms with Gasteiger partial charge in [-0.3, -0.25) is 4.57 Å². The molecule has 0 N–H and O–H groups in total. The Hall–Kier alpha value is -6.59. The topological polar surface area (TPSA) is 48.5 Å². The third-order valence-electron chi connectivity index (χ3n) is 9.35. The highest BCUT2D eigenvalue weighted by Gasteiger charge is 2.22. The SMILES string of the molecule is c1ccc(-c2nc(-c3ccccc3)nc(-n3c4ccccc4c4c3ccc3c5ccccc5n(-c5ccc6ccccc6c5)c34)n2)cc1. The van der Waals surface area contributed by atoms with Crippen LogP contribution in [0.15, 0.2) is 164 Å². The van der Waals surface area contributed by atoms with E-state index >= 15 is 0 Å². The van der Waals surface area contributed by atoms with Crippen LogP contribution in [0, 0.1) is 0 Å². The molecule has 224 valence electrons. The van der Waals surface area contributed by atoms with Gasteiger partial charge >= 0.3 is 0 Å². The summed E-state index contributed by atoms with van der Waals surface area (Å²) in [6, 6.07) is 57.3. The first-order chi connectivity index (χ1) is 23.8. The van der Waals surface area contributed by atoms with E-state index in [9.17, 15) is 0 Å². The molecule has 0 unspecified atom stereocenters. The summed E-state index contributed by atoms with van der Waals surface area (Å²) in [5, 5.41) is 7.17. The lowest BCUT2D eigenvalue weighted by Gasteiger charge is -2.12. The van der Waals surface area contributed by atoms with Crippen LogP contribution in [0.2, 0.25) is 0 Å². The molecule has 0 saturated carbocycles. The van der Waals surface area contributed by atoms with E-state index < -0.39 is 0 Å². The fourth-order valence-corrected chi connectivity index (χ4v) is 7.21. The molecule has 0 aliphatic carbocycles. The summed E-state index contributed by atoms with van der Waals surface area (Å²) < 4.78 is 4.63. The van der Waals surface area contributed by atoms with E-state index in [4.69, 9.17) is 15.0 Å². The van der Waals surface area contributed by atoms with Crippen LogP contribution in [0.3, 0.4) is 0 Å². The van der Waals surface area contributed by atoms with Gasteiger partial charge in [-0.05, 0) is 41.1 Å². The monoisotopic (exact) mass is 613 g/mol. The zero-order chi connectivity index (χ0) is 31.6. The lowest BCUT2D eigenvalue weighted by molar-refractivity contribution is 0.953. The Morgan fingerprint density at radius 2 is 0.958 bits per heavy atom. The Bertz CT molecular complexity index is 2770. The first kappa shape index (κ1) is 26.6. The molecule has 0 spiro atoms. The average Bonchev–Trinajstić information content (AvgIpc) is 3.68. The molecule has 0 saturated heterocycles. The number of hydrogen-bond acceptors (Lipinski definition) is 3. The molecular weight excluding hydrogens is 587 g/mol. The Labute approximate surface area is 276 Å². The second-order valence-corrected chi connectivity index (χ2v) is 12.1. The van der Waals surface area contributed by atoms with Gasteiger partial charge in [0.1, 0.15) is 0 Å². The molecule has 0 bridgehead atoms. The number of benzene rings is 7. The lowest BCUT2D eigenvalue weighted by atomic mass is 10.1. The molecule has 5 heteroatoms. The van der Waals surface area contributed by atoms with Gasteiger partial charge in [-0.25, -0.2) is 4.98 Å². The van der Waals surface area contributed by atoms with E-state index in [0.29, 0.717) is 17.6 Å². The molecule has 0 aliphatic heterocycles. The van der Waals surface area contributed by atoms with E-state index in [2.05, 4.69) is 112 Å². The zero-order valence-electron chi connectivity index (χ0n) is 25.8. The molecule has 0 fully saturated rings. The third-order valence-corrected chi connectivity index (χ3v) is 9.35. The summed E-state index contributed by atoms with van der Waals surface area (Å²) in [6.07, 6.45) is 0. The minimum Gasteiger partial charge on any atom is -0.309 e. The highest BCUT2D eigenvalue weighted by molar-refractivity contribution is 6.26. The van der Waals surface area contributed by atoms with E-state index in [1.165, 1.54) is 32.6 Å². The zero-order valence-corrected chi connectivity index (χ0v) is 25.8. The maximum atomic E-state index is 5.14. The second-order valence-electron chi connectivity index (χ2n) is 12.1. The second kappa shape index (κ2) is 10.5. The van der Waals surface area contributed by atoms with E-state index in [1.54, 1.807) is 0 Å². The molecule has 48 heavy (non-hydrogen) atoms. The maximum Gasteiger partial charge on any atom is 0.238 e. The van der Waals surface area contributed by atoms with Gasteiger partial charge in [0, 0.05) is 38.4 Å². The summed E-state index contributed by atoms with van der Waals surface area (Å²) in [5.74, 6) is 1.86. The molecule has 0 amide bonds. The minimum absolute atomic E-state index is 0.585. The van der Waals surface area contributed by atoms with Gasteiger partial charge < -0.3 is 4.57 Å². The number of hydrogen-bond donors (Lipinski definition) is 0. The third kappa shape index (κ3) is 4.01. The van der Waals surface area contributed by atoms with Gasteiger partial charge in [0.15, 0.2) is 11.6 Å². The molecule has 10 rings (SSSR count). The first-order valence-corrected chi connectivity index (χ1v) is 16.1. The van der Waals surface area contributed by atoms with Crippen molar-refractivity contribution in [1.29, 1.82) is 0 Å². The van der Waals surface area contributed by atoms with Crippen LogP contribution in [0.4, 0.5) is 0 Å². The van der Waals surface area contributed by atoms with E-state index in [1.807, 2.05) is 60.7 Å². The van der Waals surface area contributed by atoms with Crippen LogP contribution in [-0.4, -0.2) is 24.1 Å². The summed E-state index contributed by atoms with van der Waals surface area (Å²) >= 11 is 0. The van der Waals surface area contributed by atoms with Crippen molar-refractivity contribution in [3.63, 3.8) is 0 Å². The van der Waals surface area contributed by atoms with Crippen molar-refractivity contribution >= 4 is 54.4 Å². The molecule has 5 nitrogen and oxygen atoms in total. The smallest absolute Gasteiger partial charge is 0.238 e. The van der Waals surface area contributed by atoms with Crippen LogP contribution >= 0.6 is 0 Å². The van der Waals surface area contributed by atoms with Crippen LogP contribution in [0.1, 0.15) is 0 Å². The summed E-state index contributed by atoms with van der Waals surface area (Å²) in [4.78, 5) is 15.2. The summed E-state index contributed by atoms with van der Waals surface area (Å²) in [6.45, 7) is 0. The predicted molar refractivity (Wildman–Crippen MR) is 197 cm³/mol. The molecule has 3 aromatic heterocycles. The van der Waals surface area contributed by atoms with Crippen LogP contribution in [0.5, 0.6) is 0 Å². The predicted octanol–water partition coefficient (Wildman–Crippen LogP) is 10.6. The largest absolute Gasteiger partial charge is 0.309 e. The van der Waals surface area contributed by atoms with E-state index in [-0.39, 0.29) is 0 Å². The molecule has 10 aromatic rings. The quantitative estimate of drug-likeness (QED) is 0.198. The van der Waals surface area contributed by atoms with Crippen LogP contribution in [0.25, 0.3) is 88.8 Å². The van der Waals surface area contributed by atoms with Gasteiger partial charge in [0.05, 0.1) is 22.1 Å². The minimum atomic E-state index is 0.585. The van der Waals surface area contributed by atoms with Gasteiger partial charge in [-0.15, -0.1) is 0 Å². The Balaban J connectivity index is 1.34. The normalized spacial score (nSPS) is 11.8. The van der Waals surface area contributed by atoms with Crippen molar-refractivity contribution in [2.45, 2.75) is 0 Å². The summed E-state index contributed by atoms with van der Waals surface area (Å²) in [5.41, 5.74) is 7.43. The number of aromatic nitrogens is 5. The average molecular weight is 614 g/mol. The maximum absolute atomic E-state index is 5.14. The highest BCUT2D eigenvalue weighted by atomic mass is 15.2. The van der Waals surface area contributed by atoms with Crippen molar-refractivity contribution in [2.24, 2.45) is 0 Å². The molecule has 0 radical (unpaired) electrons. The standard InChI is InChI=1S/C43H27N5/c1-3-14-29(15-4-1)41-44-42(30-16-5-2-6-17-30)46-43(45-41)48-37-22-12-10-20-35(37)39-38(48)26-25-34-33-19-9-11-21-36(33)47(40(34)39)32-24-23-28-13-7-8-18-31(28)27-32/h1-27H. The van der Waals surface area contributed by atoms with E-state index in [0.717, 1.165) is 38.6 Å². The summed E-state index contributed by atoms with van der Waals surface area (Å²) in [7, 11) is 0. The number of rotatable bonds is 4. The number of fused-ring (bicyclic) bond motifs is 8. The molecule has 3 heterocycles. The Kier molecular flexibility index (Phi) is 5.81. The number of para-hydroxylation sites is 2. The van der Waals surface area contributed by atoms with Crippen LogP contribution in [-0.2, 0) is 0 Å². The van der Waals surface area contributed by atoms with Gasteiger partial charge in [-0.1, -0.05) is 133 Å². The highest BCUT2D eigenvalue weighted by Crippen LogP contribution is 2.42. The Morgan fingerprint density at radius 3 is 1.67 bits per heavy atom. The van der Waals surface area contributed by atoms with Gasteiger partial charge in [0.2, 0.25) is 5.95 Å². The lowest BCUT2D eigenvalue weighted by Crippen LogP contribution is -2.06. The van der Waals surface area contributed by atoms with Crippen molar-refractivity contribution in [3.8, 4) is 34.4 Å². The van der Waals surface area contributed by atoms with Crippen molar-refractivity contribution < 1.29 is 0 Å².